The molecule has 0 amide bonds. The van der Waals surface area contributed by atoms with Gasteiger partial charge in [0.1, 0.15) is 17.6 Å². The van der Waals surface area contributed by atoms with Crippen LogP contribution in [0.2, 0.25) is 0 Å². The van der Waals surface area contributed by atoms with Crippen LogP contribution in [0.1, 0.15) is 40.5 Å². The Morgan fingerprint density at radius 2 is 1.88 bits per heavy atom. The van der Waals surface area contributed by atoms with Gasteiger partial charge in [-0.05, 0) is 81.8 Å². The molecule has 0 radical (unpaired) electrons. The van der Waals surface area contributed by atoms with Gasteiger partial charge in [0.2, 0.25) is 0 Å². The van der Waals surface area contributed by atoms with E-state index < -0.39 is 6.04 Å². The Bertz CT molecular complexity index is 1740. The van der Waals surface area contributed by atoms with Crippen LogP contribution in [0.15, 0.2) is 83.7 Å². The monoisotopic (exact) mass is 536 g/mol. The van der Waals surface area contributed by atoms with Crippen LogP contribution in [-0.4, -0.2) is 50.3 Å². The van der Waals surface area contributed by atoms with Crippen LogP contribution < -0.4 is 10.3 Å². The molecule has 3 aromatic carbocycles. The first-order valence-electron chi connectivity index (χ1n) is 13.2. The van der Waals surface area contributed by atoms with Crippen molar-refractivity contribution in [2.75, 3.05) is 20.2 Å². The number of pyridine rings is 1. The SMILES string of the molecule is COc1ccc(Cn2nnnc2C(c2cc3cccc(C)c3[nH]c2=O)N2CC=C(c3ccc(F)cc3)CC2)cc1. The summed E-state index contributed by atoms with van der Waals surface area (Å²) in [5.74, 6) is 1.11. The number of ether oxygens (including phenoxy) is 1. The fourth-order valence-electron chi connectivity index (χ4n) is 5.37. The van der Waals surface area contributed by atoms with Crippen LogP contribution in [0.25, 0.3) is 16.5 Å². The fourth-order valence-corrected chi connectivity index (χ4v) is 5.37. The quantitative estimate of drug-likeness (QED) is 0.318. The number of para-hydroxylation sites is 1. The average Bonchev–Trinajstić information content (AvgIpc) is 3.43. The first-order chi connectivity index (χ1) is 19.5. The van der Waals surface area contributed by atoms with Gasteiger partial charge in [0.05, 0.1) is 19.2 Å². The van der Waals surface area contributed by atoms with Gasteiger partial charge in [-0.3, -0.25) is 9.69 Å². The van der Waals surface area contributed by atoms with E-state index in [1.165, 1.54) is 12.1 Å². The van der Waals surface area contributed by atoms with Crippen LogP contribution in [0, 0.1) is 12.7 Å². The second-order valence-corrected chi connectivity index (χ2v) is 10.0. The molecule has 9 heteroatoms. The maximum absolute atomic E-state index is 13.6. The molecule has 0 aliphatic carbocycles. The Hall–Kier alpha value is -4.63. The molecular formula is C31H29FN6O2. The second kappa shape index (κ2) is 10.9. The average molecular weight is 537 g/mol. The van der Waals surface area contributed by atoms with Crippen LogP contribution in [0.3, 0.4) is 0 Å². The first-order valence-corrected chi connectivity index (χ1v) is 13.2. The molecule has 1 unspecified atom stereocenters. The van der Waals surface area contributed by atoms with Gasteiger partial charge in [0.25, 0.3) is 5.56 Å². The van der Waals surface area contributed by atoms with Gasteiger partial charge in [0.15, 0.2) is 5.82 Å². The first kappa shape index (κ1) is 25.6. The number of aromatic amines is 1. The number of rotatable bonds is 7. The van der Waals surface area contributed by atoms with E-state index in [1.54, 1.807) is 23.9 Å². The minimum absolute atomic E-state index is 0.167. The van der Waals surface area contributed by atoms with Crippen molar-refractivity contribution < 1.29 is 9.13 Å². The summed E-state index contributed by atoms with van der Waals surface area (Å²) in [7, 11) is 1.64. The van der Waals surface area contributed by atoms with Gasteiger partial charge in [-0.15, -0.1) is 5.10 Å². The summed E-state index contributed by atoms with van der Waals surface area (Å²) in [6.45, 7) is 3.68. The Labute approximate surface area is 230 Å². The summed E-state index contributed by atoms with van der Waals surface area (Å²) in [6, 6.07) is 21.8. The number of aryl methyl sites for hydroxylation is 1. The third kappa shape index (κ3) is 5.03. The summed E-state index contributed by atoms with van der Waals surface area (Å²) in [5, 5.41) is 13.7. The molecule has 0 saturated heterocycles. The topological polar surface area (TPSA) is 88.9 Å². The van der Waals surface area contributed by atoms with Crippen molar-refractivity contribution in [3.05, 3.63) is 123 Å². The summed E-state index contributed by atoms with van der Waals surface area (Å²) in [6.07, 6.45) is 2.88. The number of halogens is 1. The van der Waals surface area contributed by atoms with Gasteiger partial charge in [-0.1, -0.05) is 48.5 Å². The molecule has 8 nitrogen and oxygen atoms in total. The normalized spacial score (nSPS) is 14.7. The van der Waals surface area contributed by atoms with Crippen LogP contribution >= 0.6 is 0 Å². The van der Waals surface area contributed by atoms with Gasteiger partial charge < -0.3 is 9.72 Å². The van der Waals surface area contributed by atoms with Crippen molar-refractivity contribution in [3.63, 3.8) is 0 Å². The lowest BCUT2D eigenvalue weighted by molar-refractivity contribution is 0.234. The number of hydrogen-bond acceptors (Lipinski definition) is 6. The lowest BCUT2D eigenvalue weighted by Crippen LogP contribution is -2.38. The molecule has 5 aromatic rings. The largest absolute Gasteiger partial charge is 0.497 e. The zero-order valence-corrected chi connectivity index (χ0v) is 22.3. The molecule has 1 aliphatic heterocycles. The zero-order chi connectivity index (χ0) is 27.6. The molecule has 40 heavy (non-hydrogen) atoms. The van der Waals surface area contributed by atoms with Gasteiger partial charge in [0, 0.05) is 18.7 Å². The number of methoxy groups -OCH3 is 1. The van der Waals surface area contributed by atoms with E-state index in [0.29, 0.717) is 31.0 Å². The number of aromatic nitrogens is 5. The molecule has 0 bridgehead atoms. The van der Waals surface area contributed by atoms with Crippen molar-refractivity contribution in [3.8, 4) is 5.75 Å². The second-order valence-electron chi connectivity index (χ2n) is 10.0. The van der Waals surface area contributed by atoms with Gasteiger partial charge in [-0.25, -0.2) is 9.07 Å². The van der Waals surface area contributed by atoms with E-state index in [1.807, 2.05) is 55.5 Å². The van der Waals surface area contributed by atoms with Crippen LogP contribution in [-0.2, 0) is 6.54 Å². The third-order valence-corrected chi connectivity index (χ3v) is 7.53. The summed E-state index contributed by atoms with van der Waals surface area (Å²) in [5.41, 5.74) is 5.41. The Kier molecular flexibility index (Phi) is 6.96. The molecule has 0 fully saturated rings. The Morgan fingerprint density at radius 1 is 1.07 bits per heavy atom. The number of fused-ring (bicyclic) bond motifs is 1. The highest BCUT2D eigenvalue weighted by molar-refractivity contribution is 5.82. The fraction of sp³-hybridized carbons (Fsp3) is 0.226. The maximum Gasteiger partial charge on any atom is 0.253 e. The molecule has 0 spiro atoms. The highest BCUT2D eigenvalue weighted by Gasteiger charge is 2.31. The number of benzene rings is 3. The number of tetrazole rings is 1. The Balaban J connectivity index is 1.41. The standard InChI is InChI=1S/C31H29FN6O2/c1-20-4-3-5-24-18-27(31(39)33-28(20)24)29(37-16-14-23(15-17-37)22-8-10-25(32)11-9-22)30-34-35-36-38(30)19-21-6-12-26(40-2)13-7-21/h3-14,18,29H,15-17,19H2,1-2H3,(H,33,39). The molecule has 1 atom stereocenters. The van der Waals surface area contributed by atoms with Crippen molar-refractivity contribution in [2.45, 2.75) is 25.9 Å². The molecular weight excluding hydrogens is 507 g/mol. The van der Waals surface area contributed by atoms with Crippen molar-refractivity contribution in [1.29, 1.82) is 0 Å². The smallest absolute Gasteiger partial charge is 0.253 e. The predicted octanol–water partition coefficient (Wildman–Crippen LogP) is 4.90. The number of nitrogens with one attached hydrogen (secondary N) is 1. The summed E-state index contributed by atoms with van der Waals surface area (Å²) >= 11 is 0. The van der Waals surface area contributed by atoms with E-state index in [-0.39, 0.29) is 11.4 Å². The molecule has 2 aromatic heterocycles. The van der Waals surface area contributed by atoms with E-state index >= 15 is 0 Å². The lowest BCUT2D eigenvalue weighted by atomic mass is 9.96. The van der Waals surface area contributed by atoms with E-state index in [9.17, 15) is 9.18 Å². The Morgan fingerprint density at radius 3 is 2.60 bits per heavy atom. The molecule has 3 heterocycles. The van der Waals surface area contributed by atoms with Crippen LogP contribution in [0.4, 0.5) is 4.39 Å². The van der Waals surface area contributed by atoms with Crippen molar-refractivity contribution in [1.82, 2.24) is 30.1 Å². The number of nitrogens with zero attached hydrogens (tertiary/aromatic N) is 5. The molecule has 1 aliphatic rings. The van der Waals surface area contributed by atoms with Gasteiger partial charge >= 0.3 is 0 Å². The summed E-state index contributed by atoms with van der Waals surface area (Å²) < 4.78 is 20.5. The van der Waals surface area contributed by atoms with E-state index in [0.717, 1.165) is 45.3 Å². The summed E-state index contributed by atoms with van der Waals surface area (Å²) in [4.78, 5) is 18.9. The lowest BCUT2D eigenvalue weighted by Gasteiger charge is -2.33. The molecule has 1 N–H and O–H groups in total. The van der Waals surface area contributed by atoms with Crippen molar-refractivity contribution >= 4 is 16.5 Å². The van der Waals surface area contributed by atoms with E-state index in [4.69, 9.17) is 4.74 Å². The molecule has 202 valence electrons. The molecule has 6 rings (SSSR count). The minimum Gasteiger partial charge on any atom is -0.497 e. The van der Waals surface area contributed by atoms with Crippen LogP contribution in [0.5, 0.6) is 5.75 Å². The van der Waals surface area contributed by atoms with E-state index in [2.05, 4.69) is 31.5 Å². The highest BCUT2D eigenvalue weighted by atomic mass is 19.1. The number of hydrogen-bond donors (Lipinski definition) is 1. The minimum atomic E-state index is -0.479. The van der Waals surface area contributed by atoms with Gasteiger partial charge in [-0.2, -0.15) is 0 Å². The predicted molar refractivity (Wildman–Crippen MR) is 152 cm³/mol. The third-order valence-electron chi connectivity index (χ3n) is 7.53. The molecule has 0 saturated carbocycles. The maximum atomic E-state index is 13.6. The van der Waals surface area contributed by atoms with Crippen molar-refractivity contribution in [2.24, 2.45) is 0 Å². The zero-order valence-electron chi connectivity index (χ0n) is 22.3. The number of H-pyrrole nitrogens is 1. The highest BCUT2D eigenvalue weighted by Crippen LogP contribution is 2.32.